The van der Waals surface area contributed by atoms with E-state index in [9.17, 15) is 14.4 Å². The number of amides is 2. The van der Waals surface area contributed by atoms with Crippen molar-refractivity contribution >= 4 is 18.0 Å². The maximum absolute atomic E-state index is 12.2. The van der Waals surface area contributed by atoms with Gasteiger partial charge in [0.1, 0.15) is 5.60 Å². The van der Waals surface area contributed by atoms with E-state index in [1.54, 1.807) is 20.8 Å². The van der Waals surface area contributed by atoms with E-state index in [2.05, 4.69) is 17.6 Å². The Hall–Kier alpha value is -1.79. The number of carbonyl (C=O) groups excluding carboxylic acids is 3. The van der Waals surface area contributed by atoms with Crippen molar-refractivity contribution < 1.29 is 23.9 Å². The van der Waals surface area contributed by atoms with E-state index < -0.39 is 11.7 Å². The first-order valence-corrected chi connectivity index (χ1v) is 9.41. The number of rotatable bonds is 7. The van der Waals surface area contributed by atoms with Gasteiger partial charge < -0.3 is 20.1 Å². The van der Waals surface area contributed by atoms with Crippen molar-refractivity contribution in [3.05, 3.63) is 0 Å². The molecular weight excluding hydrogens is 336 g/mol. The summed E-state index contributed by atoms with van der Waals surface area (Å²) < 4.78 is 10.2. The second kappa shape index (κ2) is 9.78. The number of ether oxygens (including phenoxy) is 2. The van der Waals surface area contributed by atoms with E-state index in [-0.39, 0.29) is 35.8 Å². The highest BCUT2D eigenvalue weighted by Crippen LogP contribution is 2.36. The molecule has 0 aromatic rings. The number of hydrogen-bond acceptors (Lipinski definition) is 5. The predicted molar refractivity (Wildman–Crippen MR) is 98.5 cm³/mol. The monoisotopic (exact) mass is 370 g/mol. The number of nitrogens with one attached hydrogen (secondary N) is 2. The number of methoxy groups -OCH3 is 1. The predicted octanol–water partition coefficient (Wildman–Crippen LogP) is 2.77. The molecular formula is C19H34N2O5. The lowest BCUT2D eigenvalue weighted by Gasteiger charge is -2.30. The molecule has 0 aliphatic heterocycles. The van der Waals surface area contributed by atoms with Gasteiger partial charge in [0, 0.05) is 24.9 Å². The number of hydrogen-bond donors (Lipinski definition) is 2. The van der Waals surface area contributed by atoms with Crippen molar-refractivity contribution in [2.75, 3.05) is 7.11 Å². The van der Waals surface area contributed by atoms with Crippen LogP contribution < -0.4 is 10.6 Å². The Kier molecular flexibility index (Phi) is 8.37. The zero-order valence-electron chi connectivity index (χ0n) is 16.9. The Balaban J connectivity index is 2.93. The topological polar surface area (TPSA) is 93.7 Å². The van der Waals surface area contributed by atoms with Crippen molar-refractivity contribution in [2.45, 2.75) is 84.4 Å². The number of alkyl carbamates (subject to hydrolysis) is 1. The molecule has 1 saturated carbocycles. The van der Waals surface area contributed by atoms with Crippen LogP contribution in [-0.4, -0.2) is 42.8 Å². The minimum atomic E-state index is -0.598. The molecule has 0 bridgehead atoms. The molecule has 0 spiro atoms. The molecule has 1 aliphatic carbocycles. The maximum atomic E-state index is 12.2. The van der Waals surface area contributed by atoms with Gasteiger partial charge in [0.05, 0.1) is 13.0 Å². The van der Waals surface area contributed by atoms with Gasteiger partial charge in [0.25, 0.3) is 0 Å². The minimum Gasteiger partial charge on any atom is -0.469 e. The second-order valence-corrected chi connectivity index (χ2v) is 8.06. The zero-order chi connectivity index (χ0) is 19.9. The lowest BCUT2D eigenvalue weighted by atomic mass is 9.90. The van der Waals surface area contributed by atoms with Crippen molar-refractivity contribution in [3.8, 4) is 0 Å². The van der Waals surface area contributed by atoms with E-state index in [0.29, 0.717) is 12.8 Å². The summed E-state index contributed by atoms with van der Waals surface area (Å²) in [6.45, 7) is 8.99. The lowest BCUT2D eigenvalue weighted by Crippen LogP contribution is -2.48. The Labute approximate surface area is 156 Å². The van der Waals surface area contributed by atoms with E-state index in [4.69, 9.17) is 9.47 Å². The Morgan fingerprint density at radius 3 is 2.35 bits per heavy atom. The molecule has 2 unspecified atom stereocenters. The average Bonchev–Trinajstić information content (AvgIpc) is 2.92. The van der Waals surface area contributed by atoms with E-state index in [1.165, 1.54) is 14.0 Å². The molecule has 26 heavy (non-hydrogen) atoms. The largest absolute Gasteiger partial charge is 0.469 e. The van der Waals surface area contributed by atoms with Gasteiger partial charge in [-0.15, -0.1) is 0 Å². The van der Waals surface area contributed by atoms with Gasteiger partial charge in [-0.1, -0.05) is 19.8 Å². The quantitative estimate of drug-likeness (QED) is 0.672. The molecule has 1 aliphatic rings. The first-order chi connectivity index (χ1) is 12.1. The average molecular weight is 370 g/mol. The van der Waals surface area contributed by atoms with Gasteiger partial charge >= 0.3 is 12.1 Å². The van der Waals surface area contributed by atoms with Crippen LogP contribution >= 0.6 is 0 Å². The number of esters is 1. The van der Waals surface area contributed by atoms with Crippen LogP contribution in [0.15, 0.2) is 0 Å². The third-order valence-corrected chi connectivity index (χ3v) is 4.62. The smallest absolute Gasteiger partial charge is 0.407 e. The number of carbonyl (C=O) groups is 3. The van der Waals surface area contributed by atoms with Gasteiger partial charge in [-0.05, 0) is 40.0 Å². The highest BCUT2D eigenvalue weighted by Gasteiger charge is 2.43. The van der Waals surface area contributed by atoms with Crippen LogP contribution in [-0.2, 0) is 19.1 Å². The Morgan fingerprint density at radius 1 is 1.19 bits per heavy atom. The lowest BCUT2D eigenvalue weighted by molar-refractivity contribution is -0.145. The molecule has 0 saturated heterocycles. The van der Waals surface area contributed by atoms with E-state index in [1.807, 2.05) is 0 Å². The highest BCUT2D eigenvalue weighted by molar-refractivity contribution is 5.74. The summed E-state index contributed by atoms with van der Waals surface area (Å²) in [7, 11) is 1.37. The van der Waals surface area contributed by atoms with Gasteiger partial charge in [0.2, 0.25) is 5.91 Å². The third kappa shape index (κ3) is 7.22. The first kappa shape index (κ1) is 22.3. The molecule has 1 fully saturated rings. The Bertz CT molecular complexity index is 501. The molecule has 4 atom stereocenters. The maximum Gasteiger partial charge on any atom is 0.407 e. The van der Waals surface area contributed by atoms with Crippen molar-refractivity contribution in [3.63, 3.8) is 0 Å². The summed E-state index contributed by atoms with van der Waals surface area (Å²) in [6.07, 6.45) is 3.33. The van der Waals surface area contributed by atoms with Crippen LogP contribution in [0.2, 0.25) is 0 Å². The van der Waals surface area contributed by atoms with Crippen molar-refractivity contribution in [1.82, 2.24) is 10.6 Å². The minimum absolute atomic E-state index is 0.0398. The van der Waals surface area contributed by atoms with Crippen LogP contribution in [0, 0.1) is 11.8 Å². The van der Waals surface area contributed by atoms with Gasteiger partial charge in [-0.3, -0.25) is 9.59 Å². The summed E-state index contributed by atoms with van der Waals surface area (Å²) in [6, 6.07) is -0.343. The zero-order valence-corrected chi connectivity index (χ0v) is 16.9. The molecule has 150 valence electrons. The fourth-order valence-corrected chi connectivity index (χ4v) is 3.58. The summed E-state index contributed by atoms with van der Waals surface area (Å²) in [5.41, 5.74) is -0.598. The molecule has 0 heterocycles. The van der Waals surface area contributed by atoms with E-state index in [0.717, 1.165) is 19.3 Å². The summed E-state index contributed by atoms with van der Waals surface area (Å²) in [5.74, 6) is -0.714. The molecule has 0 aromatic heterocycles. The summed E-state index contributed by atoms with van der Waals surface area (Å²) >= 11 is 0. The van der Waals surface area contributed by atoms with Gasteiger partial charge in [-0.2, -0.15) is 0 Å². The third-order valence-electron chi connectivity index (χ3n) is 4.62. The summed E-state index contributed by atoms with van der Waals surface area (Å²) in [5, 5.41) is 5.91. The molecule has 1 rings (SSSR count). The second-order valence-electron chi connectivity index (χ2n) is 8.06. The first-order valence-electron chi connectivity index (χ1n) is 9.41. The normalized spacial score (nSPS) is 23.8. The molecule has 0 aromatic carbocycles. The molecule has 7 heteroatoms. The van der Waals surface area contributed by atoms with Crippen molar-refractivity contribution in [1.29, 1.82) is 0 Å². The van der Waals surface area contributed by atoms with Crippen LogP contribution in [0.1, 0.15) is 66.7 Å². The fourth-order valence-electron chi connectivity index (χ4n) is 3.58. The fraction of sp³-hybridized carbons (Fsp3) is 0.842. The van der Waals surface area contributed by atoms with E-state index >= 15 is 0 Å². The number of unbranched alkanes of at least 4 members (excludes halogenated alkanes) is 1. The van der Waals surface area contributed by atoms with Gasteiger partial charge in [-0.25, -0.2) is 4.79 Å². The van der Waals surface area contributed by atoms with Crippen LogP contribution in [0.5, 0.6) is 0 Å². The van der Waals surface area contributed by atoms with Gasteiger partial charge in [0.15, 0.2) is 0 Å². The van der Waals surface area contributed by atoms with Crippen molar-refractivity contribution in [2.24, 2.45) is 11.8 Å². The Morgan fingerprint density at radius 2 is 1.85 bits per heavy atom. The standard InChI is InChI=1S/C19H34N2O5/c1-7-8-9-15(20-12(2)22)14-10-13(17(23)25-6)11-16(14)21-18(24)26-19(3,4)5/h13-16H,7-11H2,1-6H3,(H,20,22)(H,21,24)/t13?,14-,15?,16-/m1/s1. The highest BCUT2D eigenvalue weighted by atomic mass is 16.6. The van der Waals surface area contributed by atoms with Crippen LogP contribution in [0.3, 0.4) is 0 Å². The van der Waals surface area contributed by atoms with Crippen LogP contribution in [0.4, 0.5) is 4.79 Å². The molecule has 7 nitrogen and oxygen atoms in total. The van der Waals surface area contributed by atoms with Crippen LogP contribution in [0.25, 0.3) is 0 Å². The molecule has 2 amide bonds. The SMILES string of the molecule is CCCCC(NC(C)=O)[C@H]1CC(C(=O)OC)C[C@H]1NC(=O)OC(C)(C)C. The summed E-state index contributed by atoms with van der Waals surface area (Å²) in [4.78, 5) is 35.9. The molecule has 0 radical (unpaired) electrons. The molecule has 2 N–H and O–H groups in total.